The molecule has 6 unspecified atom stereocenters. The van der Waals surface area contributed by atoms with E-state index in [1.54, 1.807) is 0 Å². The summed E-state index contributed by atoms with van der Waals surface area (Å²) < 4.78 is 159. The van der Waals surface area contributed by atoms with Crippen molar-refractivity contribution in [1.29, 1.82) is 0 Å². The van der Waals surface area contributed by atoms with Crippen LogP contribution in [-0.2, 0) is 20.4 Å². The van der Waals surface area contributed by atoms with E-state index in [1.807, 2.05) is 0 Å². The van der Waals surface area contributed by atoms with E-state index < -0.39 is 63.5 Å². The summed E-state index contributed by atoms with van der Waals surface area (Å²) in [7, 11) is -4.92. The fraction of sp³-hybridized carbons (Fsp3) is 0.684. The van der Waals surface area contributed by atoms with Crippen LogP contribution in [0.25, 0.3) is 0 Å². The SMILES string of the molecule is CCCC(C(C)C)C1CCC2CC(NCCOC(c3ccc(N(CC(F)(F)F)S(=O)(=O)c4ccccc4)cc3)(C(F)(F)F)C(F)(F)F)CCC2C1CC. The highest BCUT2D eigenvalue weighted by molar-refractivity contribution is 7.92. The molecule has 0 radical (unpaired) electrons. The molecule has 6 atom stereocenters. The van der Waals surface area contributed by atoms with Gasteiger partial charge in [-0.3, -0.25) is 4.31 Å². The second kappa shape index (κ2) is 17.1. The van der Waals surface area contributed by atoms with Gasteiger partial charge in [0, 0.05) is 18.2 Å². The van der Waals surface area contributed by atoms with E-state index in [-0.39, 0.29) is 16.9 Å². The highest BCUT2D eigenvalue weighted by atomic mass is 32.2. The first-order chi connectivity index (χ1) is 24.7. The molecule has 0 aliphatic heterocycles. The molecule has 0 amide bonds. The number of sulfonamides is 1. The summed E-state index contributed by atoms with van der Waals surface area (Å²) in [5.41, 5.74) is -7.06. The van der Waals surface area contributed by atoms with Crippen LogP contribution in [0, 0.1) is 35.5 Å². The Bertz CT molecular complexity index is 1530. The minimum absolute atomic E-state index is 0.0953. The average Bonchev–Trinajstić information content (AvgIpc) is 3.08. The molecule has 0 spiro atoms. The maximum Gasteiger partial charge on any atom is 0.430 e. The summed E-state index contributed by atoms with van der Waals surface area (Å²) in [6, 6.07) is 7.44. The maximum atomic E-state index is 14.6. The number of ether oxygens (including phenoxy) is 1. The van der Waals surface area contributed by atoms with Crippen LogP contribution in [0.15, 0.2) is 59.5 Å². The van der Waals surface area contributed by atoms with Crippen molar-refractivity contribution < 1.29 is 52.7 Å². The van der Waals surface area contributed by atoms with Crippen molar-refractivity contribution in [2.75, 3.05) is 24.0 Å². The largest absolute Gasteiger partial charge is 0.430 e. The zero-order valence-electron chi connectivity index (χ0n) is 30.5. The molecule has 1 N–H and O–H groups in total. The summed E-state index contributed by atoms with van der Waals surface area (Å²) in [6.07, 6.45) is -9.16. The predicted octanol–water partition coefficient (Wildman–Crippen LogP) is 10.7. The Kier molecular flexibility index (Phi) is 13.9. The van der Waals surface area contributed by atoms with Crippen molar-refractivity contribution in [2.24, 2.45) is 35.5 Å². The van der Waals surface area contributed by atoms with Gasteiger partial charge in [-0.2, -0.15) is 39.5 Å². The van der Waals surface area contributed by atoms with E-state index in [0.29, 0.717) is 59.8 Å². The molecule has 0 bridgehead atoms. The number of rotatable bonds is 15. The highest BCUT2D eigenvalue weighted by Crippen LogP contribution is 2.54. The molecule has 2 aromatic rings. The Balaban J connectivity index is 1.50. The second-order valence-corrected chi connectivity index (χ2v) is 16.8. The predicted molar refractivity (Wildman–Crippen MR) is 186 cm³/mol. The monoisotopic (exact) mass is 786 g/mol. The average molecular weight is 787 g/mol. The number of fused-ring (bicyclic) bond motifs is 1. The number of alkyl halides is 9. The quantitative estimate of drug-likeness (QED) is 0.144. The van der Waals surface area contributed by atoms with Gasteiger partial charge in [-0.05, 0) is 91.9 Å². The number of halogens is 9. The molecule has 2 fully saturated rings. The van der Waals surface area contributed by atoms with Gasteiger partial charge in [0.25, 0.3) is 15.6 Å². The lowest BCUT2D eigenvalue weighted by Crippen LogP contribution is -2.56. The number of nitrogens with one attached hydrogen (secondary N) is 1. The molecule has 0 saturated heterocycles. The van der Waals surface area contributed by atoms with E-state index in [0.717, 1.165) is 57.1 Å². The van der Waals surface area contributed by atoms with Gasteiger partial charge >= 0.3 is 18.5 Å². The number of anilines is 1. The lowest BCUT2D eigenvalue weighted by Gasteiger charge is -2.50. The smallest absolute Gasteiger partial charge is 0.353 e. The van der Waals surface area contributed by atoms with E-state index in [9.17, 15) is 47.9 Å². The van der Waals surface area contributed by atoms with E-state index in [2.05, 4.69) is 33.0 Å². The van der Waals surface area contributed by atoms with Crippen molar-refractivity contribution in [3.8, 4) is 0 Å². The molecule has 4 rings (SSSR count). The Hall–Kier alpha value is -2.52. The van der Waals surface area contributed by atoms with Gasteiger partial charge in [-0.25, -0.2) is 8.42 Å². The van der Waals surface area contributed by atoms with Gasteiger partial charge in [-0.15, -0.1) is 0 Å². The molecule has 15 heteroatoms. The lowest BCUT2D eigenvalue weighted by atomic mass is 9.56. The summed E-state index contributed by atoms with van der Waals surface area (Å²) in [5.74, 6) is 3.42. The first kappa shape index (κ1) is 43.2. The number of hydrogen-bond donors (Lipinski definition) is 1. The van der Waals surface area contributed by atoms with Crippen LogP contribution in [0.2, 0.25) is 0 Å². The molecular weight excluding hydrogens is 735 g/mol. The van der Waals surface area contributed by atoms with E-state index >= 15 is 0 Å². The first-order valence-electron chi connectivity index (χ1n) is 18.4. The van der Waals surface area contributed by atoms with Gasteiger partial charge in [0.1, 0.15) is 6.54 Å². The molecule has 2 saturated carbocycles. The highest BCUT2D eigenvalue weighted by Gasteiger charge is 2.73. The fourth-order valence-electron chi connectivity index (χ4n) is 9.08. The summed E-state index contributed by atoms with van der Waals surface area (Å²) in [5, 5.41) is 3.13. The first-order valence-corrected chi connectivity index (χ1v) is 19.9. The van der Waals surface area contributed by atoms with Gasteiger partial charge in [0.2, 0.25) is 0 Å². The van der Waals surface area contributed by atoms with Gasteiger partial charge in [0.05, 0.1) is 17.2 Å². The van der Waals surface area contributed by atoms with Crippen LogP contribution in [-0.4, -0.2) is 52.7 Å². The van der Waals surface area contributed by atoms with E-state index in [1.165, 1.54) is 24.6 Å². The fourth-order valence-corrected chi connectivity index (χ4v) is 10.6. The zero-order chi connectivity index (χ0) is 39.4. The van der Waals surface area contributed by atoms with Crippen LogP contribution in [0.3, 0.4) is 0 Å². The number of hydrogen-bond acceptors (Lipinski definition) is 4. The molecule has 0 aromatic heterocycles. The third-order valence-corrected chi connectivity index (χ3v) is 13.2. The van der Waals surface area contributed by atoms with E-state index in [4.69, 9.17) is 4.74 Å². The van der Waals surface area contributed by atoms with Crippen LogP contribution in [0.4, 0.5) is 45.2 Å². The number of benzene rings is 2. The van der Waals surface area contributed by atoms with Crippen LogP contribution in [0.5, 0.6) is 0 Å². The van der Waals surface area contributed by atoms with Gasteiger partial charge in [-0.1, -0.05) is 77.3 Å². The Labute approximate surface area is 307 Å². The third kappa shape index (κ3) is 9.66. The lowest BCUT2D eigenvalue weighted by molar-refractivity contribution is -0.389. The Morgan fingerprint density at radius 3 is 2.00 bits per heavy atom. The number of nitrogens with zero attached hydrogens (tertiary/aromatic N) is 1. The van der Waals surface area contributed by atoms with Crippen molar-refractivity contribution in [3.05, 3.63) is 60.2 Å². The van der Waals surface area contributed by atoms with Crippen LogP contribution in [0.1, 0.15) is 84.6 Å². The zero-order valence-corrected chi connectivity index (χ0v) is 31.3. The molecular formula is C38H51F9N2O3S. The maximum absolute atomic E-state index is 14.6. The molecule has 0 heterocycles. The summed E-state index contributed by atoms with van der Waals surface area (Å²) in [6.45, 7) is 5.68. The minimum atomic E-state index is -6.04. The van der Waals surface area contributed by atoms with Crippen molar-refractivity contribution >= 4 is 15.7 Å². The standard InChI is InChI=1S/C38H51F9N2O3S/c1-5-10-32(25(3)4)34-19-13-26-23-28(16-20-33(26)31(34)6-2)48-21-22-52-36(37(42,43)44,38(45,46)47)27-14-17-29(18-15-27)49(24-35(39,40)41)53(50,51)30-11-8-7-9-12-30/h7-9,11-12,14-15,17-18,25-26,28,31-34,48H,5-6,10,13,16,19-24H2,1-4H3. The molecule has 53 heavy (non-hydrogen) atoms. The van der Waals surface area contributed by atoms with Crippen molar-refractivity contribution in [3.63, 3.8) is 0 Å². The van der Waals surface area contributed by atoms with Gasteiger partial charge < -0.3 is 10.1 Å². The Morgan fingerprint density at radius 2 is 1.47 bits per heavy atom. The van der Waals surface area contributed by atoms with Crippen molar-refractivity contribution in [1.82, 2.24) is 5.32 Å². The second-order valence-electron chi connectivity index (χ2n) is 14.9. The van der Waals surface area contributed by atoms with Gasteiger partial charge in [0.15, 0.2) is 0 Å². The topological polar surface area (TPSA) is 58.6 Å². The molecule has 300 valence electrons. The van der Waals surface area contributed by atoms with Crippen LogP contribution < -0.4 is 9.62 Å². The van der Waals surface area contributed by atoms with Crippen LogP contribution >= 0.6 is 0 Å². The third-order valence-electron chi connectivity index (χ3n) is 11.4. The molecule has 5 nitrogen and oxygen atoms in total. The molecule has 2 aliphatic carbocycles. The minimum Gasteiger partial charge on any atom is -0.353 e. The molecule has 2 aromatic carbocycles. The summed E-state index contributed by atoms with van der Waals surface area (Å²) in [4.78, 5) is -0.554. The molecule has 2 aliphatic rings. The normalized spacial score (nSPS) is 23.8. The Morgan fingerprint density at radius 1 is 0.849 bits per heavy atom. The van der Waals surface area contributed by atoms with Crippen molar-refractivity contribution in [2.45, 2.75) is 114 Å². The summed E-state index contributed by atoms with van der Waals surface area (Å²) >= 11 is 0.